The van der Waals surface area contributed by atoms with Gasteiger partial charge in [-0.15, -0.1) is 11.3 Å². The molecule has 0 fully saturated rings. The number of methoxy groups -OCH3 is 1. The van der Waals surface area contributed by atoms with Gasteiger partial charge >= 0.3 is 5.97 Å². The zero-order chi connectivity index (χ0) is 23.8. The molecule has 1 N–H and O–H groups in total. The molecule has 0 aliphatic heterocycles. The molecule has 0 spiro atoms. The Kier molecular flexibility index (Phi) is 8.49. The summed E-state index contributed by atoms with van der Waals surface area (Å²) in [5.41, 5.74) is 3.14. The highest BCUT2D eigenvalue weighted by Crippen LogP contribution is 2.40. The van der Waals surface area contributed by atoms with Gasteiger partial charge in [0.1, 0.15) is 22.1 Å². The van der Waals surface area contributed by atoms with Gasteiger partial charge in [-0.1, -0.05) is 37.6 Å². The standard InChI is InChI=1S/C26H29NO5S/c1-5-7-18-8-12-21(13-9-18)32-16-22(28)27-25-24(26(29)30-4)23(17(3)33-25)19-10-14-20(15-11-19)31-6-2/h8-15H,5-7,16H2,1-4H3,(H,27,28). The highest BCUT2D eigenvalue weighted by atomic mass is 32.1. The van der Waals surface area contributed by atoms with Gasteiger partial charge in [0.05, 0.1) is 13.7 Å². The number of anilines is 1. The van der Waals surface area contributed by atoms with Crippen molar-refractivity contribution >= 4 is 28.2 Å². The van der Waals surface area contributed by atoms with E-state index >= 15 is 0 Å². The number of hydrogen-bond donors (Lipinski definition) is 1. The smallest absolute Gasteiger partial charge is 0.341 e. The molecule has 33 heavy (non-hydrogen) atoms. The van der Waals surface area contributed by atoms with Gasteiger partial charge < -0.3 is 19.5 Å². The summed E-state index contributed by atoms with van der Waals surface area (Å²) >= 11 is 1.33. The average molecular weight is 468 g/mol. The van der Waals surface area contributed by atoms with Crippen LogP contribution in [0.15, 0.2) is 48.5 Å². The highest BCUT2D eigenvalue weighted by molar-refractivity contribution is 7.17. The van der Waals surface area contributed by atoms with Crippen LogP contribution in [-0.2, 0) is 16.0 Å². The molecule has 0 aliphatic rings. The minimum Gasteiger partial charge on any atom is -0.494 e. The molecular formula is C26H29NO5S. The van der Waals surface area contributed by atoms with E-state index in [0.717, 1.165) is 34.6 Å². The molecule has 0 bridgehead atoms. The number of esters is 1. The van der Waals surface area contributed by atoms with E-state index in [9.17, 15) is 9.59 Å². The van der Waals surface area contributed by atoms with Crippen LogP contribution in [0.4, 0.5) is 5.00 Å². The Morgan fingerprint density at radius 2 is 1.58 bits per heavy atom. The summed E-state index contributed by atoms with van der Waals surface area (Å²) in [7, 11) is 1.33. The highest BCUT2D eigenvalue weighted by Gasteiger charge is 2.25. The third-order valence-corrected chi connectivity index (χ3v) is 6.03. The number of aryl methyl sites for hydroxylation is 2. The number of nitrogens with one attached hydrogen (secondary N) is 1. The zero-order valence-corrected chi connectivity index (χ0v) is 20.2. The predicted octanol–water partition coefficient (Wildman–Crippen LogP) is 5.88. The van der Waals surface area contributed by atoms with Crippen LogP contribution in [-0.4, -0.2) is 32.2 Å². The van der Waals surface area contributed by atoms with Gasteiger partial charge in [0.2, 0.25) is 0 Å². The molecule has 3 aromatic rings. The Morgan fingerprint density at radius 1 is 0.939 bits per heavy atom. The molecular weight excluding hydrogens is 438 g/mol. The van der Waals surface area contributed by atoms with E-state index in [4.69, 9.17) is 14.2 Å². The lowest BCUT2D eigenvalue weighted by molar-refractivity contribution is -0.118. The summed E-state index contributed by atoms with van der Waals surface area (Å²) in [6.45, 7) is 6.37. The van der Waals surface area contributed by atoms with Crippen LogP contribution < -0.4 is 14.8 Å². The number of thiophene rings is 1. The summed E-state index contributed by atoms with van der Waals surface area (Å²) in [5.74, 6) is 0.515. The number of hydrogen-bond acceptors (Lipinski definition) is 6. The summed E-state index contributed by atoms with van der Waals surface area (Å²) in [4.78, 5) is 26.1. The van der Waals surface area contributed by atoms with Gasteiger partial charge in [-0.25, -0.2) is 4.79 Å². The molecule has 1 heterocycles. The molecule has 0 saturated heterocycles. The van der Waals surface area contributed by atoms with Gasteiger partial charge in [0.25, 0.3) is 5.91 Å². The molecule has 0 radical (unpaired) electrons. The lowest BCUT2D eigenvalue weighted by atomic mass is 10.0. The van der Waals surface area contributed by atoms with Gasteiger partial charge in [0.15, 0.2) is 6.61 Å². The van der Waals surface area contributed by atoms with Gasteiger partial charge in [0, 0.05) is 10.4 Å². The molecule has 0 aliphatic carbocycles. The van der Waals surface area contributed by atoms with Crippen molar-refractivity contribution in [3.8, 4) is 22.6 Å². The first-order chi connectivity index (χ1) is 16.0. The number of amides is 1. The summed E-state index contributed by atoms with van der Waals surface area (Å²) < 4.78 is 16.1. The number of benzene rings is 2. The maximum Gasteiger partial charge on any atom is 0.341 e. The summed E-state index contributed by atoms with van der Waals surface area (Å²) in [6.07, 6.45) is 2.08. The van der Waals surface area contributed by atoms with Crippen molar-refractivity contribution in [3.63, 3.8) is 0 Å². The van der Waals surface area contributed by atoms with Crippen molar-refractivity contribution in [2.24, 2.45) is 0 Å². The van der Waals surface area contributed by atoms with E-state index in [1.165, 1.54) is 24.0 Å². The fraction of sp³-hybridized carbons (Fsp3) is 0.308. The maximum absolute atomic E-state index is 12.6. The number of carbonyl (C=O) groups is 2. The van der Waals surface area contributed by atoms with E-state index in [-0.39, 0.29) is 12.5 Å². The maximum atomic E-state index is 12.6. The second kappa shape index (κ2) is 11.5. The van der Waals surface area contributed by atoms with Crippen LogP contribution in [0, 0.1) is 6.92 Å². The normalized spacial score (nSPS) is 10.5. The Balaban J connectivity index is 1.77. The van der Waals surface area contributed by atoms with Crippen LogP contribution in [0.25, 0.3) is 11.1 Å². The first-order valence-corrected chi connectivity index (χ1v) is 11.7. The first-order valence-electron chi connectivity index (χ1n) is 10.9. The average Bonchev–Trinajstić information content (AvgIpc) is 3.14. The van der Waals surface area contributed by atoms with E-state index < -0.39 is 5.97 Å². The SMILES string of the molecule is CCCc1ccc(OCC(=O)Nc2sc(C)c(-c3ccc(OCC)cc3)c2C(=O)OC)cc1. The Hall–Kier alpha value is -3.32. The van der Waals surface area contributed by atoms with Gasteiger partial charge in [-0.05, 0) is 55.7 Å². The third kappa shape index (κ3) is 6.14. The van der Waals surface area contributed by atoms with Crippen LogP contribution >= 0.6 is 11.3 Å². The minimum absolute atomic E-state index is 0.164. The molecule has 1 aromatic heterocycles. The van der Waals surface area contributed by atoms with E-state index in [0.29, 0.717) is 22.9 Å². The number of rotatable bonds is 10. The summed E-state index contributed by atoms with van der Waals surface area (Å²) in [5, 5.41) is 3.26. The van der Waals surface area contributed by atoms with Crippen molar-refractivity contribution in [1.29, 1.82) is 0 Å². The van der Waals surface area contributed by atoms with Gasteiger partial charge in [-0.3, -0.25) is 4.79 Å². The minimum atomic E-state index is -0.508. The molecule has 0 atom stereocenters. The molecule has 7 heteroatoms. The molecule has 0 saturated carbocycles. The summed E-state index contributed by atoms with van der Waals surface area (Å²) in [6, 6.07) is 15.2. The van der Waals surface area contributed by atoms with Crippen molar-refractivity contribution in [3.05, 3.63) is 64.5 Å². The van der Waals surface area contributed by atoms with Gasteiger partial charge in [-0.2, -0.15) is 0 Å². The van der Waals surface area contributed by atoms with Crippen molar-refractivity contribution in [2.75, 3.05) is 25.6 Å². The molecule has 1 amide bonds. The lowest BCUT2D eigenvalue weighted by Gasteiger charge is -2.10. The predicted molar refractivity (Wildman–Crippen MR) is 132 cm³/mol. The lowest BCUT2D eigenvalue weighted by Crippen LogP contribution is -2.21. The second-order valence-electron chi connectivity index (χ2n) is 7.42. The molecule has 2 aromatic carbocycles. The first kappa shape index (κ1) is 24.3. The Labute approximate surface area is 198 Å². The number of carbonyl (C=O) groups excluding carboxylic acids is 2. The van der Waals surface area contributed by atoms with Crippen molar-refractivity contribution in [1.82, 2.24) is 0 Å². The van der Waals surface area contributed by atoms with Crippen LogP contribution in [0.5, 0.6) is 11.5 Å². The van der Waals surface area contributed by atoms with E-state index in [2.05, 4.69) is 12.2 Å². The fourth-order valence-electron chi connectivity index (χ4n) is 3.51. The van der Waals surface area contributed by atoms with E-state index in [1.807, 2.05) is 62.4 Å². The Bertz CT molecular complexity index is 1090. The van der Waals surface area contributed by atoms with Crippen LogP contribution in [0.2, 0.25) is 0 Å². The van der Waals surface area contributed by atoms with Crippen LogP contribution in [0.3, 0.4) is 0 Å². The van der Waals surface area contributed by atoms with Crippen molar-refractivity contribution in [2.45, 2.75) is 33.6 Å². The molecule has 3 rings (SSSR count). The Morgan fingerprint density at radius 3 is 2.18 bits per heavy atom. The monoisotopic (exact) mass is 467 g/mol. The van der Waals surface area contributed by atoms with Crippen molar-refractivity contribution < 1.29 is 23.8 Å². The topological polar surface area (TPSA) is 73.9 Å². The zero-order valence-electron chi connectivity index (χ0n) is 19.4. The molecule has 0 unspecified atom stereocenters. The molecule has 174 valence electrons. The largest absolute Gasteiger partial charge is 0.494 e. The fourth-order valence-corrected chi connectivity index (χ4v) is 4.59. The second-order valence-corrected chi connectivity index (χ2v) is 8.64. The third-order valence-electron chi connectivity index (χ3n) is 5.01. The molecule has 6 nitrogen and oxygen atoms in total. The number of ether oxygens (including phenoxy) is 3. The quantitative estimate of drug-likeness (QED) is 0.377. The van der Waals surface area contributed by atoms with Crippen LogP contribution in [0.1, 0.15) is 41.1 Å². The van der Waals surface area contributed by atoms with E-state index in [1.54, 1.807) is 0 Å².